The van der Waals surface area contributed by atoms with Gasteiger partial charge in [-0.05, 0) is 45.0 Å². The summed E-state index contributed by atoms with van der Waals surface area (Å²) in [6.45, 7) is 3.36. The van der Waals surface area contributed by atoms with E-state index in [1.165, 1.54) is 13.2 Å². The van der Waals surface area contributed by atoms with Gasteiger partial charge in [0.2, 0.25) is 0 Å². The van der Waals surface area contributed by atoms with Crippen molar-refractivity contribution in [3.8, 4) is 5.75 Å². The lowest BCUT2D eigenvalue weighted by Gasteiger charge is -2.43. The second-order valence-electron chi connectivity index (χ2n) is 5.71. The van der Waals surface area contributed by atoms with E-state index in [1.54, 1.807) is 19.1 Å². The van der Waals surface area contributed by atoms with Crippen LogP contribution >= 0.6 is 0 Å². The molecule has 1 saturated heterocycles. The van der Waals surface area contributed by atoms with Gasteiger partial charge in [-0.15, -0.1) is 0 Å². The first-order valence-electron chi connectivity index (χ1n) is 7.29. The Labute approximate surface area is 124 Å². The van der Waals surface area contributed by atoms with Crippen molar-refractivity contribution in [2.75, 3.05) is 20.2 Å². The quantitative estimate of drug-likeness (QED) is 0.907. The molecule has 0 bridgehead atoms. The summed E-state index contributed by atoms with van der Waals surface area (Å²) < 4.78 is 19.7. The zero-order valence-corrected chi connectivity index (χ0v) is 12.6. The van der Waals surface area contributed by atoms with Gasteiger partial charge >= 0.3 is 5.97 Å². The predicted octanol–water partition coefficient (Wildman–Crippen LogP) is 3.01. The average molecular weight is 295 g/mol. The largest absolute Gasteiger partial charge is 0.496 e. The van der Waals surface area contributed by atoms with Gasteiger partial charge in [-0.2, -0.15) is 0 Å². The lowest BCUT2D eigenvalue weighted by atomic mass is 9.84. The van der Waals surface area contributed by atoms with Crippen molar-refractivity contribution in [2.45, 2.75) is 38.1 Å². The molecule has 2 rings (SSSR count). The molecule has 0 amide bonds. The minimum absolute atomic E-state index is 0.149. The molecule has 0 aromatic heterocycles. The highest BCUT2D eigenvalue weighted by Crippen LogP contribution is 2.40. The minimum atomic E-state index is -0.937. The Bertz CT molecular complexity index is 514. The SMILES string of the molecule is COc1cccc(F)c1C(C)(CC(=O)O)N1CCCCC1. The molecule has 116 valence electrons. The van der Waals surface area contributed by atoms with Crippen LogP contribution in [-0.4, -0.2) is 36.2 Å². The van der Waals surface area contributed by atoms with Gasteiger partial charge < -0.3 is 9.84 Å². The number of carbonyl (C=O) groups is 1. The number of ether oxygens (including phenoxy) is 1. The molecule has 1 fully saturated rings. The number of likely N-dealkylation sites (tertiary alicyclic amines) is 1. The van der Waals surface area contributed by atoms with E-state index < -0.39 is 17.3 Å². The van der Waals surface area contributed by atoms with E-state index in [2.05, 4.69) is 4.90 Å². The second kappa shape index (κ2) is 6.43. The maximum Gasteiger partial charge on any atom is 0.305 e. The summed E-state index contributed by atoms with van der Waals surface area (Å²) in [5, 5.41) is 9.31. The number of hydrogen-bond donors (Lipinski definition) is 1. The fourth-order valence-electron chi connectivity index (χ4n) is 3.24. The molecular formula is C16H22FNO3. The normalized spacial score (nSPS) is 19.0. The number of halogens is 1. The average Bonchev–Trinajstić information content (AvgIpc) is 2.46. The lowest BCUT2D eigenvalue weighted by molar-refractivity contribution is -0.140. The number of hydrogen-bond acceptors (Lipinski definition) is 3. The Morgan fingerprint density at radius 2 is 2.05 bits per heavy atom. The van der Waals surface area contributed by atoms with Gasteiger partial charge in [-0.25, -0.2) is 4.39 Å². The zero-order chi connectivity index (χ0) is 15.5. The summed E-state index contributed by atoms with van der Waals surface area (Å²) in [6, 6.07) is 4.62. The number of aliphatic carboxylic acids is 1. The van der Waals surface area contributed by atoms with E-state index in [0.29, 0.717) is 11.3 Å². The third kappa shape index (κ3) is 3.18. The van der Waals surface area contributed by atoms with Gasteiger partial charge in [0.25, 0.3) is 0 Å². The van der Waals surface area contributed by atoms with E-state index in [-0.39, 0.29) is 6.42 Å². The Balaban J connectivity index is 2.51. The van der Waals surface area contributed by atoms with E-state index >= 15 is 0 Å². The third-order valence-corrected chi connectivity index (χ3v) is 4.28. The second-order valence-corrected chi connectivity index (χ2v) is 5.71. The first kappa shape index (κ1) is 15.8. The summed E-state index contributed by atoms with van der Waals surface area (Å²) in [4.78, 5) is 13.4. The predicted molar refractivity (Wildman–Crippen MR) is 78.0 cm³/mol. The number of rotatable bonds is 5. The van der Waals surface area contributed by atoms with Crippen molar-refractivity contribution in [1.29, 1.82) is 0 Å². The van der Waals surface area contributed by atoms with Gasteiger partial charge in [-0.3, -0.25) is 9.69 Å². The summed E-state index contributed by atoms with van der Waals surface area (Å²) in [6.07, 6.45) is 3.00. The molecule has 21 heavy (non-hydrogen) atoms. The first-order chi connectivity index (χ1) is 9.99. The number of piperidine rings is 1. The van der Waals surface area contributed by atoms with Crippen LogP contribution in [0.5, 0.6) is 5.75 Å². The van der Waals surface area contributed by atoms with Crippen molar-refractivity contribution in [3.63, 3.8) is 0 Å². The van der Waals surface area contributed by atoms with E-state index in [4.69, 9.17) is 4.74 Å². The van der Waals surface area contributed by atoms with Crippen molar-refractivity contribution < 1.29 is 19.0 Å². The lowest BCUT2D eigenvalue weighted by Crippen LogP contribution is -2.48. The van der Waals surface area contributed by atoms with Gasteiger partial charge in [-0.1, -0.05) is 12.5 Å². The molecule has 1 N–H and O–H groups in total. The summed E-state index contributed by atoms with van der Waals surface area (Å²) in [7, 11) is 1.48. The van der Waals surface area contributed by atoms with Crippen molar-refractivity contribution in [2.24, 2.45) is 0 Å². The van der Waals surface area contributed by atoms with Crippen LogP contribution in [0.25, 0.3) is 0 Å². The highest BCUT2D eigenvalue weighted by atomic mass is 19.1. The van der Waals surface area contributed by atoms with Crippen LogP contribution < -0.4 is 4.74 Å². The van der Waals surface area contributed by atoms with Gasteiger partial charge in [0.05, 0.1) is 24.6 Å². The molecule has 5 heteroatoms. The summed E-state index contributed by atoms with van der Waals surface area (Å²) >= 11 is 0. The number of benzene rings is 1. The highest BCUT2D eigenvalue weighted by molar-refractivity contribution is 5.69. The van der Waals surface area contributed by atoms with Crippen LogP contribution in [0.1, 0.15) is 38.2 Å². The van der Waals surface area contributed by atoms with E-state index in [9.17, 15) is 14.3 Å². The molecule has 1 unspecified atom stereocenters. The molecule has 0 aliphatic carbocycles. The Morgan fingerprint density at radius 1 is 1.38 bits per heavy atom. The molecule has 1 aromatic carbocycles. The monoisotopic (exact) mass is 295 g/mol. The number of carboxylic acid groups (broad SMARTS) is 1. The summed E-state index contributed by atoms with van der Waals surface area (Å²) in [5.41, 5.74) is -0.556. The van der Waals surface area contributed by atoms with Gasteiger partial charge in [0, 0.05) is 0 Å². The molecule has 0 spiro atoms. The molecule has 1 heterocycles. The maximum atomic E-state index is 14.4. The van der Waals surface area contributed by atoms with Crippen LogP contribution in [0, 0.1) is 5.82 Å². The topological polar surface area (TPSA) is 49.8 Å². The van der Waals surface area contributed by atoms with Crippen molar-refractivity contribution in [1.82, 2.24) is 4.90 Å². The Kier molecular flexibility index (Phi) is 4.83. The standard InChI is InChI=1S/C16H22FNO3/c1-16(11-14(19)20,18-9-4-3-5-10-18)15-12(17)7-6-8-13(15)21-2/h6-8H,3-5,9-11H2,1-2H3,(H,19,20). The summed E-state index contributed by atoms with van der Waals surface area (Å²) in [5.74, 6) is -0.943. The maximum absolute atomic E-state index is 14.4. The zero-order valence-electron chi connectivity index (χ0n) is 12.6. The Morgan fingerprint density at radius 3 is 2.62 bits per heavy atom. The fourth-order valence-corrected chi connectivity index (χ4v) is 3.24. The van der Waals surface area contributed by atoms with Crippen LogP contribution in [-0.2, 0) is 10.3 Å². The Hall–Kier alpha value is -1.62. The molecule has 0 radical (unpaired) electrons. The van der Waals surface area contributed by atoms with Gasteiger partial charge in [0.15, 0.2) is 0 Å². The smallest absolute Gasteiger partial charge is 0.305 e. The van der Waals surface area contributed by atoms with Crippen LogP contribution in [0.15, 0.2) is 18.2 Å². The molecule has 1 atom stereocenters. The van der Waals surface area contributed by atoms with Crippen molar-refractivity contribution in [3.05, 3.63) is 29.6 Å². The van der Waals surface area contributed by atoms with Crippen LogP contribution in [0.4, 0.5) is 4.39 Å². The number of methoxy groups -OCH3 is 1. The third-order valence-electron chi connectivity index (χ3n) is 4.28. The molecule has 0 saturated carbocycles. The molecule has 1 aromatic rings. The number of nitrogens with zero attached hydrogens (tertiary/aromatic N) is 1. The fraction of sp³-hybridized carbons (Fsp3) is 0.562. The van der Waals surface area contributed by atoms with Gasteiger partial charge in [0.1, 0.15) is 11.6 Å². The minimum Gasteiger partial charge on any atom is -0.496 e. The molecule has 4 nitrogen and oxygen atoms in total. The first-order valence-corrected chi connectivity index (χ1v) is 7.29. The van der Waals surface area contributed by atoms with Crippen molar-refractivity contribution >= 4 is 5.97 Å². The molecule has 1 aliphatic rings. The van der Waals surface area contributed by atoms with Crippen LogP contribution in [0.3, 0.4) is 0 Å². The molecular weight excluding hydrogens is 273 g/mol. The van der Waals surface area contributed by atoms with E-state index in [0.717, 1.165) is 32.4 Å². The molecule has 1 aliphatic heterocycles. The number of carboxylic acids is 1. The highest BCUT2D eigenvalue weighted by Gasteiger charge is 2.40. The van der Waals surface area contributed by atoms with E-state index in [1.807, 2.05) is 0 Å². The van der Waals surface area contributed by atoms with Crippen LogP contribution in [0.2, 0.25) is 0 Å².